The molecule has 5 heteroatoms. The zero-order valence-electron chi connectivity index (χ0n) is 25.9. The highest BCUT2D eigenvalue weighted by Gasteiger charge is 2.39. The first-order chi connectivity index (χ1) is 23.1. The standard InChI is InChI=1S/C42H28N4S/c1-42(2)32-19-11-9-17-27(32)28-21-22-30-29-23-24-34-35(31-18-10-12-20-33(31)47-34)37(29)46(38(30)36(28)42)41-44-39(25-13-5-3-6-14-25)43-40(45-41)26-15-7-4-8-16-26/h3-24H,1-2H3. The molecule has 0 N–H and O–H groups in total. The minimum atomic E-state index is -0.231. The van der Waals surface area contributed by atoms with Gasteiger partial charge in [-0.25, -0.2) is 4.98 Å². The van der Waals surface area contributed by atoms with E-state index in [0.29, 0.717) is 17.6 Å². The zero-order valence-corrected chi connectivity index (χ0v) is 26.7. The van der Waals surface area contributed by atoms with Gasteiger partial charge in [-0.2, -0.15) is 9.97 Å². The minimum Gasteiger partial charge on any atom is -0.277 e. The molecule has 0 atom stereocenters. The summed E-state index contributed by atoms with van der Waals surface area (Å²) in [5.74, 6) is 1.93. The van der Waals surface area contributed by atoms with Crippen molar-refractivity contribution in [2.45, 2.75) is 19.3 Å². The fourth-order valence-corrected chi connectivity index (χ4v) is 8.86. The number of thiophene rings is 1. The molecule has 10 rings (SSSR count). The highest BCUT2D eigenvalue weighted by atomic mass is 32.1. The quantitative estimate of drug-likeness (QED) is 0.197. The molecule has 0 fully saturated rings. The van der Waals surface area contributed by atoms with Crippen LogP contribution in [0.15, 0.2) is 133 Å². The van der Waals surface area contributed by atoms with Crippen molar-refractivity contribution in [2.24, 2.45) is 0 Å². The van der Waals surface area contributed by atoms with Crippen molar-refractivity contribution in [3.63, 3.8) is 0 Å². The Balaban J connectivity index is 1.43. The summed E-state index contributed by atoms with van der Waals surface area (Å²) >= 11 is 1.84. The van der Waals surface area contributed by atoms with Gasteiger partial charge in [0.15, 0.2) is 11.6 Å². The molecule has 222 valence electrons. The normalized spacial score (nSPS) is 13.5. The van der Waals surface area contributed by atoms with E-state index in [1.807, 2.05) is 47.7 Å². The van der Waals surface area contributed by atoms with Gasteiger partial charge in [0, 0.05) is 47.5 Å². The van der Waals surface area contributed by atoms with Crippen molar-refractivity contribution in [3.05, 3.63) is 145 Å². The predicted molar refractivity (Wildman–Crippen MR) is 195 cm³/mol. The molecule has 47 heavy (non-hydrogen) atoms. The van der Waals surface area contributed by atoms with Crippen LogP contribution >= 0.6 is 11.3 Å². The molecule has 1 aliphatic carbocycles. The monoisotopic (exact) mass is 620 g/mol. The summed E-state index contributed by atoms with van der Waals surface area (Å²) in [5, 5.41) is 4.90. The summed E-state index contributed by atoms with van der Waals surface area (Å²) in [7, 11) is 0. The molecule has 0 amide bonds. The SMILES string of the molecule is CC1(C)c2ccccc2-c2ccc3c4ccc5sc6ccccc6c5c4n(-c4nc(-c5ccccc5)nc(-c5ccccc5)n4)c3c21. The third-order valence-corrected chi connectivity index (χ3v) is 11.0. The maximum absolute atomic E-state index is 5.31. The van der Waals surface area contributed by atoms with Crippen molar-refractivity contribution < 1.29 is 0 Å². The first kappa shape index (κ1) is 26.6. The second-order valence-electron chi connectivity index (χ2n) is 12.8. The molecule has 0 radical (unpaired) electrons. The summed E-state index contributed by atoms with van der Waals surface area (Å²) < 4.78 is 4.89. The lowest BCUT2D eigenvalue weighted by Crippen LogP contribution is -2.17. The molecular weight excluding hydrogens is 593 g/mol. The molecular formula is C42H28N4S. The van der Waals surface area contributed by atoms with Crippen LogP contribution in [0.3, 0.4) is 0 Å². The first-order valence-electron chi connectivity index (χ1n) is 16.0. The lowest BCUT2D eigenvalue weighted by molar-refractivity contribution is 0.663. The lowest BCUT2D eigenvalue weighted by Gasteiger charge is -2.23. The summed E-state index contributed by atoms with van der Waals surface area (Å²) in [6.45, 7) is 4.71. The Morgan fingerprint density at radius 1 is 0.511 bits per heavy atom. The van der Waals surface area contributed by atoms with E-state index in [0.717, 1.165) is 22.2 Å². The molecule has 0 spiro atoms. The van der Waals surface area contributed by atoms with E-state index < -0.39 is 0 Å². The Kier molecular flexibility index (Phi) is 5.47. The number of hydrogen-bond acceptors (Lipinski definition) is 4. The van der Waals surface area contributed by atoms with Crippen molar-refractivity contribution in [1.29, 1.82) is 0 Å². The van der Waals surface area contributed by atoms with Crippen LogP contribution in [0.1, 0.15) is 25.0 Å². The van der Waals surface area contributed by atoms with E-state index in [9.17, 15) is 0 Å². The molecule has 3 aromatic heterocycles. The molecule has 6 aromatic carbocycles. The number of aromatic nitrogens is 4. The van der Waals surface area contributed by atoms with Crippen molar-refractivity contribution in [3.8, 4) is 39.9 Å². The third kappa shape index (κ3) is 3.72. The van der Waals surface area contributed by atoms with Crippen LogP contribution in [0.25, 0.3) is 81.8 Å². The van der Waals surface area contributed by atoms with E-state index >= 15 is 0 Å². The summed E-state index contributed by atoms with van der Waals surface area (Å²) in [5.41, 5.74) is 9.20. The Labute approximate surface area is 275 Å². The van der Waals surface area contributed by atoms with E-state index in [-0.39, 0.29) is 5.41 Å². The summed E-state index contributed by atoms with van der Waals surface area (Å²) in [6.07, 6.45) is 0. The Morgan fingerprint density at radius 2 is 1.13 bits per heavy atom. The topological polar surface area (TPSA) is 43.6 Å². The van der Waals surface area contributed by atoms with Gasteiger partial charge in [0.2, 0.25) is 5.95 Å². The van der Waals surface area contributed by atoms with Gasteiger partial charge in [0.25, 0.3) is 0 Å². The molecule has 1 aliphatic rings. The molecule has 3 heterocycles. The fourth-order valence-electron chi connectivity index (χ4n) is 7.75. The number of hydrogen-bond donors (Lipinski definition) is 0. The third-order valence-electron chi connectivity index (χ3n) is 9.83. The van der Waals surface area contributed by atoms with Gasteiger partial charge in [-0.3, -0.25) is 4.57 Å². The maximum Gasteiger partial charge on any atom is 0.238 e. The molecule has 0 bridgehead atoms. The average molecular weight is 621 g/mol. The molecule has 0 saturated heterocycles. The smallest absolute Gasteiger partial charge is 0.238 e. The van der Waals surface area contributed by atoms with Crippen LogP contribution in [-0.2, 0) is 5.41 Å². The van der Waals surface area contributed by atoms with Gasteiger partial charge < -0.3 is 0 Å². The zero-order chi connectivity index (χ0) is 31.3. The van der Waals surface area contributed by atoms with Gasteiger partial charge in [0.05, 0.1) is 11.0 Å². The Bertz CT molecular complexity index is 2640. The molecule has 4 nitrogen and oxygen atoms in total. The largest absolute Gasteiger partial charge is 0.277 e. The fraction of sp³-hybridized carbons (Fsp3) is 0.0714. The summed E-state index contributed by atoms with van der Waals surface area (Å²) in [4.78, 5) is 15.7. The van der Waals surface area contributed by atoms with Crippen molar-refractivity contribution in [2.75, 3.05) is 0 Å². The van der Waals surface area contributed by atoms with Crippen LogP contribution < -0.4 is 0 Å². The van der Waals surface area contributed by atoms with Crippen molar-refractivity contribution in [1.82, 2.24) is 19.5 Å². The van der Waals surface area contributed by atoms with Gasteiger partial charge in [-0.05, 0) is 34.4 Å². The Morgan fingerprint density at radius 3 is 1.87 bits per heavy atom. The van der Waals surface area contributed by atoms with Gasteiger partial charge >= 0.3 is 0 Å². The Hall–Kier alpha value is -5.65. The number of nitrogens with zero attached hydrogens (tertiary/aromatic N) is 4. The van der Waals surface area contributed by atoms with Gasteiger partial charge in [-0.15, -0.1) is 11.3 Å². The molecule has 0 saturated carbocycles. The van der Waals surface area contributed by atoms with Crippen LogP contribution in [0, 0.1) is 0 Å². The van der Waals surface area contributed by atoms with E-state index in [2.05, 4.69) is 115 Å². The van der Waals surface area contributed by atoms with Gasteiger partial charge in [0.1, 0.15) is 0 Å². The van der Waals surface area contributed by atoms with E-state index in [1.54, 1.807) is 0 Å². The second-order valence-corrected chi connectivity index (χ2v) is 13.9. The lowest BCUT2D eigenvalue weighted by atomic mass is 9.81. The number of rotatable bonds is 3. The molecule has 9 aromatic rings. The van der Waals surface area contributed by atoms with E-state index in [4.69, 9.17) is 15.0 Å². The number of benzene rings is 6. The highest BCUT2D eigenvalue weighted by molar-refractivity contribution is 7.26. The van der Waals surface area contributed by atoms with Crippen LogP contribution in [0.5, 0.6) is 0 Å². The second kappa shape index (κ2) is 9.68. The van der Waals surface area contributed by atoms with Gasteiger partial charge in [-0.1, -0.05) is 135 Å². The predicted octanol–water partition coefficient (Wildman–Crippen LogP) is 11.0. The highest BCUT2D eigenvalue weighted by Crippen LogP contribution is 2.53. The van der Waals surface area contributed by atoms with Crippen LogP contribution in [-0.4, -0.2) is 19.5 Å². The first-order valence-corrected chi connectivity index (χ1v) is 16.8. The maximum atomic E-state index is 5.31. The van der Waals surface area contributed by atoms with Crippen LogP contribution in [0.2, 0.25) is 0 Å². The van der Waals surface area contributed by atoms with E-state index in [1.165, 1.54) is 53.2 Å². The average Bonchev–Trinajstić information content (AvgIpc) is 3.74. The molecule has 0 aliphatic heterocycles. The van der Waals surface area contributed by atoms with Crippen LogP contribution in [0.4, 0.5) is 0 Å². The molecule has 0 unspecified atom stereocenters. The number of fused-ring (bicyclic) bond motifs is 11. The summed E-state index contributed by atoms with van der Waals surface area (Å²) in [6, 6.07) is 47.3. The minimum absolute atomic E-state index is 0.231. The van der Waals surface area contributed by atoms with Crippen molar-refractivity contribution >= 4 is 53.3 Å².